The molecule has 0 aliphatic carbocycles. The van der Waals surface area contributed by atoms with E-state index in [1.54, 1.807) is 6.20 Å². The Labute approximate surface area is 256 Å². The van der Waals surface area contributed by atoms with Crippen LogP contribution in [0, 0.1) is 0 Å². The molecular formula is C31H42N8O5. The van der Waals surface area contributed by atoms with E-state index < -0.39 is 0 Å². The Morgan fingerprint density at radius 2 is 1.84 bits per heavy atom. The van der Waals surface area contributed by atoms with E-state index in [0.717, 1.165) is 67.9 Å². The fraction of sp³-hybridized carbons (Fsp3) is 0.452. The van der Waals surface area contributed by atoms with Crippen LogP contribution >= 0.6 is 0 Å². The molecule has 0 amide bonds. The molecule has 13 nitrogen and oxygen atoms in total. The van der Waals surface area contributed by atoms with Crippen molar-refractivity contribution in [1.29, 1.82) is 0 Å². The van der Waals surface area contributed by atoms with Gasteiger partial charge >= 0.3 is 17.7 Å². The molecular weight excluding hydrogens is 564 g/mol. The van der Waals surface area contributed by atoms with Gasteiger partial charge in [0.1, 0.15) is 17.9 Å². The van der Waals surface area contributed by atoms with Gasteiger partial charge in [0.25, 0.3) is 0 Å². The number of nitrogens with zero attached hydrogens (tertiary/aromatic N) is 4. The van der Waals surface area contributed by atoms with Crippen LogP contribution in [-0.2, 0) is 29.0 Å². The number of methoxy groups -OCH3 is 1. The number of carbonyl (C=O) groups is 1. The van der Waals surface area contributed by atoms with Gasteiger partial charge in [-0.15, -0.1) is 0 Å². The number of pyridine rings is 1. The molecule has 0 aliphatic rings. The fourth-order valence-electron chi connectivity index (χ4n) is 4.45. The zero-order chi connectivity index (χ0) is 31.1. The molecule has 0 saturated heterocycles. The third-order valence-corrected chi connectivity index (χ3v) is 6.87. The van der Waals surface area contributed by atoms with Crippen molar-refractivity contribution in [3.8, 4) is 11.8 Å². The standard InChI is InChI=1S/C31H42N8O5/c1-3-4-15-44-30-37-28(32)27-29(38-30)39(31(41)36-27)21-23-10-11-24(35-19-23)20-34-13-6-5-12-33-14-16-43-25-9-7-8-22(17-25)18-26(40)42-2/h7-11,17,19,33-34H,3-6,12-16,18,20-21H2,1-2H3,(H,36,41)(H2,32,37,38). The quantitative estimate of drug-likeness (QED) is 0.0913. The number of nitrogens with two attached hydrogens (primary N) is 1. The molecule has 0 radical (unpaired) electrons. The summed E-state index contributed by atoms with van der Waals surface area (Å²) in [4.78, 5) is 39.9. The Bertz CT molecular complexity index is 1540. The van der Waals surface area contributed by atoms with Crippen LogP contribution < -0.4 is 31.5 Å². The number of carbonyl (C=O) groups excluding carboxylic acids is 1. The van der Waals surface area contributed by atoms with Gasteiger partial charge in [0.05, 0.1) is 32.4 Å². The number of benzene rings is 1. The number of H-pyrrole nitrogens is 1. The Kier molecular flexibility index (Phi) is 12.5. The van der Waals surface area contributed by atoms with Crippen LogP contribution in [0.25, 0.3) is 11.2 Å². The van der Waals surface area contributed by atoms with Crippen molar-refractivity contribution in [3.05, 3.63) is 69.9 Å². The van der Waals surface area contributed by atoms with Crippen molar-refractivity contribution in [2.24, 2.45) is 0 Å². The minimum absolute atomic E-state index is 0.164. The van der Waals surface area contributed by atoms with Crippen LogP contribution in [0.5, 0.6) is 11.8 Å². The van der Waals surface area contributed by atoms with Crippen LogP contribution in [0.1, 0.15) is 49.4 Å². The number of esters is 1. The summed E-state index contributed by atoms with van der Waals surface area (Å²) in [6, 6.07) is 11.6. The normalized spacial score (nSPS) is 11.1. The number of hydrogen-bond acceptors (Lipinski definition) is 11. The van der Waals surface area contributed by atoms with Crippen LogP contribution in [0.2, 0.25) is 0 Å². The summed E-state index contributed by atoms with van der Waals surface area (Å²) in [6.07, 6.45) is 5.93. The van der Waals surface area contributed by atoms with Gasteiger partial charge in [-0.2, -0.15) is 9.97 Å². The zero-order valence-electron chi connectivity index (χ0n) is 25.4. The number of imidazole rings is 1. The highest BCUT2D eigenvalue weighted by Gasteiger charge is 2.15. The minimum Gasteiger partial charge on any atom is -0.492 e. The SMILES string of the molecule is CCCCOc1nc(N)c2[nH]c(=O)n(Cc3ccc(CNCCCCNCCOc4cccc(CC(=O)OC)c4)nc3)c2n1. The highest BCUT2D eigenvalue weighted by molar-refractivity contribution is 5.82. The molecule has 1 aromatic carbocycles. The molecule has 44 heavy (non-hydrogen) atoms. The van der Waals surface area contributed by atoms with Crippen molar-refractivity contribution < 1.29 is 19.0 Å². The second-order valence-corrected chi connectivity index (χ2v) is 10.3. The monoisotopic (exact) mass is 606 g/mol. The van der Waals surface area contributed by atoms with Gasteiger partial charge in [0.2, 0.25) is 0 Å². The molecule has 0 atom stereocenters. The number of hydrogen-bond donors (Lipinski definition) is 4. The number of nitrogen functional groups attached to an aromatic ring is 1. The molecule has 13 heteroatoms. The number of nitrogens with one attached hydrogen (secondary N) is 3. The van der Waals surface area contributed by atoms with Gasteiger partial charge in [0, 0.05) is 19.3 Å². The predicted molar refractivity (Wildman–Crippen MR) is 168 cm³/mol. The first-order valence-electron chi connectivity index (χ1n) is 15.0. The molecule has 3 aromatic heterocycles. The fourth-order valence-corrected chi connectivity index (χ4v) is 4.45. The average Bonchev–Trinajstić information content (AvgIpc) is 3.34. The van der Waals surface area contributed by atoms with E-state index in [-0.39, 0.29) is 29.9 Å². The number of rotatable bonds is 19. The molecule has 4 aromatic rings. The maximum Gasteiger partial charge on any atom is 0.328 e. The molecule has 0 saturated carbocycles. The number of unbranched alkanes of at least 4 members (excludes halogenated alkanes) is 2. The van der Waals surface area contributed by atoms with Crippen LogP contribution in [0.3, 0.4) is 0 Å². The van der Waals surface area contributed by atoms with Crippen molar-refractivity contribution in [1.82, 2.24) is 35.1 Å². The van der Waals surface area contributed by atoms with Gasteiger partial charge in [-0.05, 0) is 61.7 Å². The molecule has 5 N–H and O–H groups in total. The van der Waals surface area contributed by atoms with Gasteiger partial charge < -0.3 is 35.6 Å². The van der Waals surface area contributed by atoms with E-state index in [2.05, 4.69) is 37.5 Å². The third-order valence-electron chi connectivity index (χ3n) is 6.87. The van der Waals surface area contributed by atoms with Crippen molar-refractivity contribution in [2.75, 3.05) is 45.7 Å². The first-order chi connectivity index (χ1) is 21.5. The Morgan fingerprint density at radius 3 is 2.61 bits per heavy atom. The maximum absolute atomic E-state index is 12.6. The van der Waals surface area contributed by atoms with Gasteiger partial charge in [-0.1, -0.05) is 31.5 Å². The summed E-state index contributed by atoms with van der Waals surface area (Å²) in [5.74, 6) is 0.653. The summed E-state index contributed by atoms with van der Waals surface area (Å²) >= 11 is 0. The molecule has 0 aliphatic heterocycles. The second kappa shape index (κ2) is 17.0. The largest absolute Gasteiger partial charge is 0.492 e. The van der Waals surface area contributed by atoms with E-state index in [9.17, 15) is 9.59 Å². The van der Waals surface area contributed by atoms with Crippen LogP contribution in [0.4, 0.5) is 5.82 Å². The molecule has 236 valence electrons. The van der Waals surface area contributed by atoms with E-state index >= 15 is 0 Å². The lowest BCUT2D eigenvalue weighted by atomic mass is 10.1. The van der Waals surface area contributed by atoms with E-state index in [4.69, 9.17) is 19.9 Å². The van der Waals surface area contributed by atoms with Crippen LogP contribution in [-0.4, -0.2) is 70.4 Å². The number of anilines is 1. The van der Waals surface area contributed by atoms with Crippen molar-refractivity contribution in [2.45, 2.75) is 52.1 Å². The Morgan fingerprint density at radius 1 is 1.00 bits per heavy atom. The topological polar surface area (TPSA) is 171 Å². The number of ether oxygens (including phenoxy) is 3. The lowest BCUT2D eigenvalue weighted by Crippen LogP contribution is -2.23. The number of aromatic nitrogens is 5. The molecule has 0 bridgehead atoms. The Balaban J connectivity index is 1.12. The summed E-state index contributed by atoms with van der Waals surface area (Å²) in [5.41, 5.74) is 9.19. The average molecular weight is 607 g/mol. The highest BCUT2D eigenvalue weighted by Crippen LogP contribution is 2.19. The molecule has 0 unspecified atom stereocenters. The predicted octanol–water partition coefficient (Wildman–Crippen LogP) is 2.58. The smallest absolute Gasteiger partial charge is 0.328 e. The van der Waals surface area contributed by atoms with Gasteiger partial charge in [-0.3, -0.25) is 14.3 Å². The van der Waals surface area contributed by atoms with Gasteiger partial charge in [0.15, 0.2) is 11.5 Å². The first kappa shape index (κ1) is 32.4. The summed E-state index contributed by atoms with van der Waals surface area (Å²) in [7, 11) is 1.38. The van der Waals surface area contributed by atoms with E-state index in [1.165, 1.54) is 11.7 Å². The van der Waals surface area contributed by atoms with Crippen LogP contribution in [0.15, 0.2) is 47.4 Å². The minimum atomic E-state index is -0.318. The first-order valence-corrected chi connectivity index (χ1v) is 15.0. The lowest BCUT2D eigenvalue weighted by Gasteiger charge is -2.09. The Hall–Kier alpha value is -4.49. The van der Waals surface area contributed by atoms with Crippen molar-refractivity contribution >= 4 is 23.0 Å². The van der Waals surface area contributed by atoms with Gasteiger partial charge in [-0.25, -0.2) is 4.79 Å². The molecule has 0 spiro atoms. The molecule has 3 heterocycles. The highest BCUT2D eigenvalue weighted by atomic mass is 16.5. The number of fused-ring (bicyclic) bond motifs is 1. The maximum atomic E-state index is 12.6. The second-order valence-electron chi connectivity index (χ2n) is 10.3. The zero-order valence-corrected chi connectivity index (χ0v) is 25.4. The number of aromatic amines is 1. The van der Waals surface area contributed by atoms with Crippen molar-refractivity contribution in [3.63, 3.8) is 0 Å². The van der Waals surface area contributed by atoms with E-state index in [1.807, 2.05) is 36.4 Å². The summed E-state index contributed by atoms with van der Waals surface area (Å²) in [6.45, 7) is 6.58. The molecule has 0 fully saturated rings. The summed E-state index contributed by atoms with van der Waals surface area (Å²) < 4.78 is 17.6. The lowest BCUT2D eigenvalue weighted by molar-refractivity contribution is -0.139. The molecule has 4 rings (SSSR count). The summed E-state index contributed by atoms with van der Waals surface area (Å²) in [5, 5.41) is 6.82. The van der Waals surface area contributed by atoms with E-state index in [0.29, 0.717) is 37.5 Å². The third kappa shape index (κ3) is 9.78.